The number of benzene rings is 6. The lowest BCUT2D eigenvalue weighted by molar-refractivity contribution is 0.415. The summed E-state index contributed by atoms with van der Waals surface area (Å²) in [6.45, 7) is 4.16. The van der Waals surface area contributed by atoms with Crippen LogP contribution in [0.2, 0.25) is 0 Å². The molecule has 0 aliphatic carbocycles. The van der Waals surface area contributed by atoms with Crippen molar-refractivity contribution in [3.8, 4) is 22.6 Å². The van der Waals surface area contributed by atoms with Gasteiger partial charge in [-0.05, 0) is 109 Å². The van der Waals surface area contributed by atoms with E-state index in [1.165, 1.54) is 0 Å². The number of hydrogen-bond acceptors (Lipinski definition) is 4. The van der Waals surface area contributed by atoms with Crippen molar-refractivity contribution >= 4 is 34.1 Å². The number of anilines is 6. The summed E-state index contributed by atoms with van der Waals surface area (Å²) in [5, 5.41) is 0. The van der Waals surface area contributed by atoms with Crippen molar-refractivity contribution < 1.29 is 9.47 Å². The van der Waals surface area contributed by atoms with E-state index in [4.69, 9.17) is 9.47 Å². The third-order valence-corrected chi connectivity index (χ3v) is 7.77. The fraction of sp³-hybridized carbons (Fsp3) is 0.100. The van der Waals surface area contributed by atoms with Crippen molar-refractivity contribution in [2.45, 2.75) is 13.8 Å². The van der Waals surface area contributed by atoms with Gasteiger partial charge in [-0.1, -0.05) is 72.8 Å². The van der Waals surface area contributed by atoms with Crippen LogP contribution in [0.15, 0.2) is 146 Å². The monoisotopic (exact) mass is 576 g/mol. The normalized spacial score (nSPS) is 10.7. The van der Waals surface area contributed by atoms with Crippen LogP contribution in [0.1, 0.15) is 11.1 Å². The van der Waals surface area contributed by atoms with Crippen molar-refractivity contribution in [2.75, 3.05) is 24.0 Å². The number of aryl methyl sites for hydroxylation is 2. The lowest BCUT2D eigenvalue weighted by Gasteiger charge is -2.28. The Kier molecular flexibility index (Phi) is 8.33. The number of ether oxygens (including phenoxy) is 2. The number of hydrogen-bond donors (Lipinski definition) is 0. The van der Waals surface area contributed by atoms with Crippen LogP contribution in [0.5, 0.6) is 11.5 Å². The molecule has 0 radical (unpaired) electrons. The second-order valence-corrected chi connectivity index (χ2v) is 10.8. The summed E-state index contributed by atoms with van der Waals surface area (Å²) < 4.78 is 11.6. The molecule has 6 rings (SSSR count). The van der Waals surface area contributed by atoms with Crippen LogP contribution in [0.3, 0.4) is 0 Å². The second-order valence-electron chi connectivity index (χ2n) is 10.8. The summed E-state index contributed by atoms with van der Waals surface area (Å²) in [4.78, 5) is 4.47. The number of nitrogens with zero attached hydrogens (tertiary/aromatic N) is 2. The van der Waals surface area contributed by atoms with E-state index in [1.54, 1.807) is 14.2 Å². The van der Waals surface area contributed by atoms with Crippen LogP contribution in [-0.4, -0.2) is 14.2 Å². The molecule has 0 heterocycles. The highest BCUT2D eigenvalue weighted by molar-refractivity contribution is 5.83. The molecule has 4 heteroatoms. The zero-order valence-electron chi connectivity index (χ0n) is 25.6. The molecule has 0 aromatic heterocycles. The predicted molar refractivity (Wildman–Crippen MR) is 184 cm³/mol. The van der Waals surface area contributed by atoms with Gasteiger partial charge >= 0.3 is 0 Å². The summed E-state index contributed by atoms with van der Waals surface area (Å²) in [5.74, 6) is 1.67. The molecule has 6 aromatic carbocycles. The smallest absolute Gasteiger partial charge is 0.143 e. The lowest BCUT2D eigenvalue weighted by Crippen LogP contribution is -2.11. The van der Waals surface area contributed by atoms with Gasteiger partial charge in [0.15, 0.2) is 0 Å². The SMILES string of the molecule is COc1cc(C)ccc1N(c1ccccc1)c1ccc(-c2ccc(N(c3ccccc3)c3ccc(C)cc3OC)cc2)cc1. The molecule has 0 bridgehead atoms. The van der Waals surface area contributed by atoms with Crippen LogP contribution in [0, 0.1) is 13.8 Å². The largest absolute Gasteiger partial charge is 0.495 e. The Labute approximate surface area is 260 Å². The summed E-state index contributed by atoms with van der Waals surface area (Å²) in [7, 11) is 3.45. The zero-order chi connectivity index (χ0) is 30.5. The average Bonchev–Trinajstić information content (AvgIpc) is 3.08. The van der Waals surface area contributed by atoms with E-state index in [0.717, 1.165) is 67.9 Å². The highest BCUT2D eigenvalue weighted by Gasteiger charge is 2.19. The summed E-state index contributed by atoms with van der Waals surface area (Å²) in [5.41, 5.74) is 10.8. The first-order valence-electron chi connectivity index (χ1n) is 14.8. The van der Waals surface area contributed by atoms with Crippen molar-refractivity contribution in [3.63, 3.8) is 0 Å². The Morgan fingerprint density at radius 3 is 1.07 bits per heavy atom. The molecule has 0 saturated heterocycles. The zero-order valence-corrected chi connectivity index (χ0v) is 25.6. The molecule has 0 fully saturated rings. The Morgan fingerprint density at radius 2 is 0.727 bits per heavy atom. The van der Waals surface area contributed by atoms with Crippen molar-refractivity contribution in [3.05, 3.63) is 157 Å². The lowest BCUT2D eigenvalue weighted by atomic mass is 10.0. The van der Waals surface area contributed by atoms with Gasteiger partial charge in [0, 0.05) is 22.7 Å². The van der Waals surface area contributed by atoms with E-state index >= 15 is 0 Å². The van der Waals surface area contributed by atoms with Crippen LogP contribution in [0.4, 0.5) is 34.1 Å². The maximum absolute atomic E-state index is 5.80. The number of rotatable bonds is 9. The van der Waals surface area contributed by atoms with Gasteiger partial charge in [-0.2, -0.15) is 0 Å². The molecule has 0 atom stereocenters. The van der Waals surface area contributed by atoms with Crippen LogP contribution >= 0.6 is 0 Å². The summed E-state index contributed by atoms with van der Waals surface area (Å²) in [6, 6.07) is 50.8. The van der Waals surface area contributed by atoms with Gasteiger partial charge in [-0.25, -0.2) is 0 Å². The highest BCUT2D eigenvalue weighted by Crippen LogP contribution is 2.43. The Balaban J connectivity index is 1.35. The van der Waals surface area contributed by atoms with Gasteiger partial charge in [0.25, 0.3) is 0 Å². The predicted octanol–water partition coefficient (Wildman–Crippen LogP) is 10.9. The topological polar surface area (TPSA) is 24.9 Å². The number of para-hydroxylation sites is 2. The quantitative estimate of drug-likeness (QED) is 0.171. The van der Waals surface area contributed by atoms with E-state index < -0.39 is 0 Å². The van der Waals surface area contributed by atoms with E-state index in [-0.39, 0.29) is 0 Å². The molecule has 0 spiro atoms. The van der Waals surface area contributed by atoms with Crippen molar-refractivity contribution in [1.29, 1.82) is 0 Å². The van der Waals surface area contributed by atoms with E-state index in [2.05, 4.69) is 157 Å². The van der Waals surface area contributed by atoms with E-state index in [0.29, 0.717) is 0 Å². The minimum Gasteiger partial charge on any atom is -0.495 e. The average molecular weight is 577 g/mol. The van der Waals surface area contributed by atoms with Gasteiger partial charge in [-0.3, -0.25) is 0 Å². The molecule has 44 heavy (non-hydrogen) atoms. The molecule has 6 aromatic rings. The molecule has 0 N–H and O–H groups in total. The van der Waals surface area contributed by atoms with E-state index in [9.17, 15) is 0 Å². The van der Waals surface area contributed by atoms with Crippen LogP contribution < -0.4 is 19.3 Å². The van der Waals surface area contributed by atoms with Crippen LogP contribution in [0.25, 0.3) is 11.1 Å². The molecular formula is C40H36N2O2. The van der Waals surface area contributed by atoms with Crippen LogP contribution in [-0.2, 0) is 0 Å². The minimum atomic E-state index is 0.835. The first-order chi connectivity index (χ1) is 21.6. The third kappa shape index (κ3) is 5.88. The molecular weight excluding hydrogens is 540 g/mol. The second kappa shape index (κ2) is 12.8. The standard InChI is InChI=1S/C40H36N2O2/c1-29-15-25-37(39(27-29)43-3)41(33-11-7-5-8-12-33)35-21-17-31(18-22-35)32-19-23-36(24-20-32)42(34-13-9-6-10-14-34)38-26-16-30(2)28-40(38)44-4/h5-28H,1-4H3. The third-order valence-electron chi connectivity index (χ3n) is 7.77. The number of methoxy groups -OCH3 is 2. The molecule has 0 aliphatic rings. The van der Waals surface area contributed by atoms with Gasteiger partial charge < -0.3 is 19.3 Å². The minimum absolute atomic E-state index is 0.835. The summed E-state index contributed by atoms with van der Waals surface area (Å²) in [6.07, 6.45) is 0. The van der Waals surface area contributed by atoms with Crippen molar-refractivity contribution in [1.82, 2.24) is 0 Å². The van der Waals surface area contributed by atoms with Crippen molar-refractivity contribution in [2.24, 2.45) is 0 Å². The maximum Gasteiger partial charge on any atom is 0.143 e. The maximum atomic E-state index is 5.80. The Morgan fingerprint density at radius 1 is 0.386 bits per heavy atom. The van der Waals surface area contributed by atoms with Gasteiger partial charge in [0.2, 0.25) is 0 Å². The van der Waals surface area contributed by atoms with Gasteiger partial charge in [0.1, 0.15) is 11.5 Å². The molecule has 4 nitrogen and oxygen atoms in total. The molecule has 0 aliphatic heterocycles. The first kappa shape index (κ1) is 28.6. The molecule has 0 unspecified atom stereocenters. The van der Waals surface area contributed by atoms with Gasteiger partial charge in [-0.15, -0.1) is 0 Å². The van der Waals surface area contributed by atoms with E-state index in [1.807, 2.05) is 12.1 Å². The van der Waals surface area contributed by atoms with Gasteiger partial charge in [0.05, 0.1) is 25.6 Å². The first-order valence-corrected chi connectivity index (χ1v) is 14.8. The molecule has 218 valence electrons. The molecule has 0 saturated carbocycles. The molecule has 0 amide bonds. The Hall–Kier alpha value is -5.48. The highest BCUT2D eigenvalue weighted by atomic mass is 16.5. The fourth-order valence-electron chi connectivity index (χ4n) is 5.55. The Bertz CT molecular complexity index is 1700. The summed E-state index contributed by atoms with van der Waals surface area (Å²) >= 11 is 0. The fourth-order valence-corrected chi connectivity index (χ4v) is 5.55.